The largest absolute Gasteiger partial charge is 0.466 e. The molecule has 1 aliphatic rings. The lowest BCUT2D eigenvalue weighted by Gasteiger charge is -2.27. The van der Waals surface area contributed by atoms with Crippen LogP contribution in [0.5, 0.6) is 0 Å². The summed E-state index contributed by atoms with van der Waals surface area (Å²) in [4.78, 5) is 11.2. The van der Waals surface area contributed by atoms with Crippen molar-refractivity contribution in [3.05, 3.63) is 47.7 Å². The summed E-state index contributed by atoms with van der Waals surface area (Å²) in [5.74, 6) is -0.612. The van der Waals surface area contributed by atoms with E-state index in [0.717, 1.165) is 5.56 Å². The van der Waals surface area contributed by atoms with E-state index in [1.807, 2.05) is 30.3 Å². The first-order valence-electron chi connectivity index (χ1n) is 5.78. The van der Waals surface area contributed by atoms with Crippen molar-refractivity contribution >= 4 is 5.97 Å². The Balaban J connectivity index is 2.23. The number of methoxy groups -OCH3 is 2. The Kier molecular flexibility index (Phi) is 3.67. The fourth-order valence-corrected chi connectivity index (χ4v) is 2.05. The molecule has 0 radical (unpaired) electrons. The molecule has 0 saturated carbocycles. The Labute approximate surface area is 106 Å². The molecular formula is C14H16O4. The number of ether oxygens (including phenoxy) is 3. The van der Waals surface area contributed by atoms with Gasteiger partial charge in [0.25, 0.3) is 0 Å². The topological polar surface area (TPSA) is 44.8 Å². The van der Waals surface area contributed by atoms with Crippen molar-refractivity contribution in [2.75, 3.05) is 14.2 Å². The quantitative estimate of drug-likeness (QED) is 0.608. The monoisotopic (exact) mass is 248 g/mol. The van der Waals surface area contributed by atoms with Crippen LogP contribution in [0, 0.1) is 0 Å². The zero-order valence-electron chi connectivity index (χ0n) is 10.5. The van der Waals surface area contributed by atoms with Crippen molar-refractivity contribution in [3.63, 3.8) is 0 Å². The minimum atomic E-state index is -0.791. The normalized spacial score (nSPS) is 24.9. The first kappa shape index (κ1) is 12.6. The molecule has 18 heavy (non-hydrogen) atoms. The summed E-state index contributed by atoms with van der Waals surface area (Å²) in [5.41, 5.74) is 0.945. The van der Waals surface area contributed by atoms with Crippen molar-refractivity contribution in [2.24, 2.45) is 0 Å². The van der Waals surface area contributed by atoms with Gasteiger partial charge in [-0.25, -0.2) is 4.79 Å². The molecule has 0 bridgehead atoms. The standard InChI is InChI=1S/C14H16O4/c1-16-13(15)10-12-8-9-14(17-2,18-12)11-6-4-3-5-7-11/h3-7,10H,8-9H2,1-2H3/b12-10+. The van der Waals surface area contributed by atoms with Gasteiger partial charge in [-0.05, 0) is 0 Å². The number of benzene rings is 1. The Morgan fingerprint density at radius 1 is 1.33 bits per heavy atom. The fraction of sp³-hybridized carbons (Fsp3) is 0.357. The molecule has 1 aromatic carbocycles. The van der Waals surface area contributed by atoms with Gasteiger partial charge in [0, 0.05) is 25.5 Å². The summed E-state index contributed by atoms with van der Waals surface area (Å²) in [6, 6.07) is 9.70. The van der Waals surface area contributed by atoms with E-state index in [1.54, 1.807) is 7.11 Å². The molecule has 1 unspecified atom stereocenters. The number of esters is 1. The Bertz CT molecular complexity index is 452. The van der Waals surface area contributed by atoms with E-state index >= 15 is 0 Å². The number of hydrogen-bond acceptors (Lipinski definition) is 4. The van der Waals surface area contributed by atoms with E-state index < -0.39 is 11.8 Å². The van der Waals surface area contributed by atoms with Gasteiger partial charge in [0.05, 0.1) is 13.2 Å². The lowest BCUT2D eigenvalue weighted by Crippen LogP contribution is -2.26. The molecule has 0 aromatic heterocycles. The predicted octanol–water partition coefficient (Wildman–Crippen LogP) is 2.35. The summed E-state index contributed by atoms with van der Waals surface area (Å²) in [7, 11) is 2.95. The van der Waals surface area contributed by atoms with Crippen molar-refractivity contribution in [1.29, 1.82) is 0 Å². The number of carbonyl (C=O) groups excluding carboxylic acids is 1. The Morgan fingerprint density at radius 2 is 2.06 bits per heavy atom. The van der Waals surface area contributed by atoms with E-state index in [0.29, 0.717) is 18.6 Å². The summed E-state index contributed by atoms with van der Waals surface area (Å²) in [5, 5.41) is 0. The molecule has 0 aliphatic carbocycles. The third kappa shape index (κ3) is 2.38. The van der Waals surface area contributed by atoms with Crippen molar-refractivity contribution < 1.29 is 19.0 Å². The second kappa shape index (κ2) is 5.23. The fourth-order valence-electron chi connectivity index (χ4n) is 2.05. The van der Waals surface area contributed by atoms with Gasteiger partial charge in [0.1, 0.15) is 5.76 Å². The molecule has 0 spiro atoms. The Hall–Kier alpha value is -1.81. The van der Waals surface area contributed by atoms with Crippen LogP contribution in [0.4, 0.5) is 0 Å². The number of hydrogen-bond donors (Lipinski definition) is 0. The maximum atomic E-state index is 11.2. The van der Waals surface area contributed by atoms with Crippen LogP contribution in [-0.4, -0.2) is 20.2 Å². The van der Waals surface area contributed by atoms with Crippen LogP contribution in [0.25, 0.3) is 0 Å². The maximum Gasteiger partial charge on any atom is 0.333 e. The van der Waals surface area contributed by atoms with E-state index in [1.165, 1.54) is 13.2 Å². The van der Waals surface area contributed by atoms with Gasteiger partial charge in [0.15, 0.2) is 0 Å². The molecule has 1 heterocycles. The molecule has 2 rings (SSSR count). The molecule has 1 aliphatic heterocycles. The molecule has 4 nitrogen and oxygen atoms in total. The first-order valence-corrected chi connectivity index (χ1v) is 5.78. The molecular weight excluding hydrogens is 232 g/mol. The second-order valence-corrected chi connectivity index (χ2v) is 4.06. The van der Waals surface area contributed by atoms with Crippen LogP contribution in [0.15, 0.2) is 42.2 Å². The Morgan fingerprint density at radius 3 is 2.67 bits per heavy atom. The first-order chi connectivity index (χ1) is 8.70. The van der Waals surface area contributed by atoms with E-state index in [2.05, 4.69) is 4.74 Å². The van der Waals surface area contributed by atoms with Crippen molar-refractivity contribution in [3.8, 4) is 0 Å². The molecule has 0 N–H and O–H groups in total. The minimum Gasteiger partial charge on any atom is -0.466 e. The lowest BCUT2D eigenvalue weighted by molar-refractivity contribution is -0.186. The second-order valence-electron chi connectivity index (χ2n) is 4.06. The van der Waals surface area contributed by atoms with Gasteiger partial charge in [-0.1, -0.05) is 30.3 Å². The predicted molar refractivity (Wildman–Crippen MR) is 65.5 cm³/mol. The van der Waals surface area contributed by atoms with Crippen LogP contribution in [0.3, 0.4) is 0 Å². The zero-order valence-corrected chi connectivity index (χ0v) is 10.5. The smallest absolute Gasteiger partial charge is 0.333 e. The molecule has 4 heteroatoms. The van der Waals surface area contributed by atoms with Crippen LogP contribution in [0.2, 0.25) is 0 Å². The van der Waals surface area contributed by atoms with Crippen LogP contribution in [-0.2, 0) is 24.8 Å². The molecule has 1 saturated heterocycles. The van der Waals surface area contributed by atoms with Gasteiger partial charge in [-0.2, -0.15) is 0 Å². The number of carbonyl (C=O) groups is 1. The third-order valence-corrected chi connectivity index (χ3v) is 3.02. The average molecular weight is 248 g/mol. The maximum absolute atomic E-state index is 11.2. The van der Waals surface area contributed by atoms with Gasteiger partial charge in [-0.15, -0.1) is 0 Å². The van der Waals surface area contributed by atoms with Crippen LogP contribution < -0.4 is 0 Å². The van der Waals surface area contributed by atoms with E-state index in [9.17, 15) is 4.79 Å². The van der Waals surface area contributed by atoms with Crippen LogP contribution >= 0.6 is 0 Å². The lowest BCUT2D eigenvalue weighted by atomic mass is 10.0. The van der Waals surface area contributed by atoms with Crippen molar-refractivity contribution in [2.45, 2.75) is 18.6 Å². The van der Waals surface area contributed by atoms with Crippen LogP contribution in [0.1, 0.15) is 18.4 Å². The molecule has 1 aromatic rings. The highest BCUT2D eigenvalue weighted by atomic mass is 16.7. The average Bonchev–Trinajstić information content (AvgIpc) is 2.84. The SMILES string of the molecule is COC(=O)/C=C1\CCC(OC)(c2ccccc2)O1. The molecule has 1 fully saturated rings. The molecule has 1 atom stereocenters. The summed E-state index contributed by atoms with van der Waals surface area (Å²) in [6.45, 7) is 0. The highest BCUT2D eigenvalue weighted by Gasteiger charge is 2.40. The summed E-state index contributed by atoms with van der Waals surface area (Å²) in [6.07, 6.45) is 2.69. The van der Waals surface area contributed by atoms with Crippen molar-refractivity contribution in [1.82, 2.24) is 0 Å². The molecule has 0 amide bonds. The van der Waals surface area contributed by atoms with E-state index in [-0.39, 0.29) is 0 Å². The highest BCUT2D eigenvalue weighted by molar-refractivity contribution is 5.82. The number of allylic oxidation sites excluding steroid dienone is 1. The minimum absolute atomic E-state index is 0.412. The summed E-state index contributed by atoms with van der Waals surface area (Å²) < 4.78 is 15.9. The summed E-state index contributed by atoms with van der Waals surface area (Å²) >= 11 is 0. The zero-order chi connectivity index (χ0) is 13.0. The van der Waals surface area contributed by atoms with Gasteiger partial charge in [-0.3, -0.25) is 0 Å². The highest BCUT2D eigenvalue weighted by Crippen LogP contribution is 2.41. The third-order valence-electron chi connectivity index (χ3n) is 3.02. The number of rotatable bonds is 3. The van der Waals surface area contributed by atoms with Gasteiger partial charge in [0.2, 0.25) is 5.79 Å². The van der Waals surface area contributed by atoms with Gasteiger partial charge < -0.3 is 14.2 Å². The van der Waals surface area contributed by atoms with Gasteiger partial charge >= 0.3 is 5.97 Å². The van der Waals surface area contributed by atoms with E-state index in [4.69, 9.17) is 9.47 Å². The molecule has 96 valence electrons.